The molecule has 0 spiro atoms. The molecule has 192 valence electrons. The Labute approximate surface area is 229 Å². The second-order valence-electron chi connectivity index (χ2n) is 11.7. The van der Waals surface area contributed by atoms with E-state index in [2.05, 4.69) is 90.1 Å². The van der Waals surface area contributed by atoms with Gasteiger partial charge in [0.15, 0.2) is 6.54 Å². The average molecular weight is 520 g/mol. The van der Waals surface area contributed by atoms with Crippen molar-refractivity contribution in [1.29, 1.82) is 0 Å². The highest BCUT2D eigenvalue weighted by molar-refractivity contribution is 7.19. The molecule has 0 bridgehead atoms. The minimum atomic E-state index is -0.0164. The first-order valence-corrected chi connectivity index (χ1v) is 15.3. The monoisotopic (exact) mass is 519 g/mol. The second-order valence-corrected chi connectivity index (χ2v) is 12.8. The van der Waals surface area contributed by atoms with Gasteiger partial charge in [-0.2, -0.15) is 4.57 Å². The Balaban J connectivity index is 1.36. The molecule has 3 nitrogen and oxygen atoms in total. The van der Waals surface area contributed by atoms with Crippen molar-refractivity contribution in [2.45, 2.75) is 76.5 Å². The van der Waals surface area contributed by atoms with Gasteiger partial charge in [-0.3, -0.25) is 0 Å². The van der Waals surface area contributed by atoms with Crippen LogP contribution in [-0.2, 0) is 16.7 Å². The topological polar surface area (TPSA) is 16.4 Å². The number of hydrogen-bond donors (Lipinski definition) is 0. The molecule has 5 heterocycles. The molecule has 0 amide bonds. The van der Waals surface area contributed by atoms with E-state index in [9.17, 15) is 0 Å². The van der Waals surface area contributed by atoms with Crippen LogP contribution in [0.5, 0.6) is 0 Å². The van der Waals surface area contributed by atoms with Crippen molar-refractivity contribution < 1.29 is 9.30 Å². The van der Waals surface area contributed by atoms with E-state index in [1.165, 1.54) is 79.8 Å². The summed E-state index contributed by atoms with van der Waals surface area (Å²) in [6.45, 7) is 6.92. The molecule has 0 saturated heterocycles. The molecule has 4 heteroatoms. The first-order valence-electron chi connectivity index (χ1n) is 14.5. The largest absolute Gasteiger partial charge is 0.365 e. The van der Waals surface area contributed by atoms with E-state index in [-0.39, 0.29) is 17.6 Å². The van der Waals surface area contributed by atoms with Crippen molar-refractivity contribution in [3.05, 3.63) is 88.6 Å². The molecule has 8 rings (SSSR count). The number of fused-ring (bicyclic) bond motifs is 11. The lowest BCUT2D eigenvalue weighted by Gasteiger charge is -2.42. The van der Waals surface area contributed by atoms with Crippen LogP contribution < -0.4 is 9.47 Å². The van der Waals surface area contributed by atoms with Gasteiger partial charge in [-0.05, 0) is 54.3 Å². The summed E-state index contributed by atoms with van der Waals surface area (Å²) < 4.78 is 10.9. The predicted molar refractivity (Wildman–Crippen MR) is 158 cm³/mol. The zero-order chi connectivity index (χ0) is 25.4. The maximum atomic E-state index is 7.00. The van der Waals surface area contributed by atoms with Crippen LogP contribution in [0.15, 0.2) is 78.0 Å². The van der Waals surface area contributed by atoms with Crippen LogP contribution >= 0.6 is 11.3 Å². The lowest BCUT2D eigenvalue weighted by Crippen LogP contribution is -2.48. The van der Waals surface area contributed by atoms with Crippen molar-refractivity contribution in [3.63, 3.8) is 0 Å². The highest BCUT2D eigenvalue weighted by Crippen LogP contribution is 2.57. The summed E-state index contributed by atoms with van der Waals surface area (Å²) in [6, 6.07) is 22.6. The molecule has 0 N–H and O–H groups in total. The first kappa shape index (κ1) is 23.0. The number of anilines is 1. The molecule has 1 aromatic heterocycles. The van der Waals surface area contributed by atoms with Crippen LogP contribution in [0.25, 0.3) is 26.6 Å². The van der Waals surface area contributed by atoms with Gasteiger partial charge >= 0.3 is 0 Å². The summed E-state index contributed by atoms with van der Waals surface area (Å²) in [7, 11) is 0. The third-order valence-electron chi connectivity index (χ3n) is 9.51. The van der Waals surface area contributed by atoms with Gasteiger partial charge in [0.2, 0.25) is 5.52 Å². The van der Waals surface area contributed by atoms with Gasteiger partial charge < -0.3 is 9.64 Å². The SMILES string of the molecule is CCCCCC1(C)C2=C3C=C4c5sc6ccccc6[n+]5CCC4OC3CCN2c2ccc3ccccc3c21. The van der Waals surface area contributed by atoms with Crippen molar-refractivity contribution in [2.24, 2.45) is 0 Å². The standard InChI is InChI=1S/C34H35N2OS/c1-3-4-9-18-34(2)31-23-11-6-5-10-22(23)14-15-27(31)35-19-16-28-24(32(34)35)21-25-29(37-28)17-20-36-26-12-7-8-13-30(26)38-33(25)36/h5-8,10-15,21,28-29H,3-4,9,16-20H2,1-2H3/q+1. The van der Waals surface area contributed by atoms with E-state index >= 15 is 0 Å². The van der Waals surface area contributed by atoms with Gasteiger partial charge in [-0.1, -0.05) is 80.0 Å². The Hall–Kier alpha value is -2.95. The lowest BCUT2D eigenvalue weighted by atomic mass is 9.72. The Bertz CT molecular complexity index is 1660. The van der Waals surface area contributed by atoms with Crippen molar-refractivity contribution in [2.75, 3.05) is 11.4 Å². The molecule has 4 aliphatic rings. The summed E-state index contributed by atoms with van der Waals surface area (Å²) in [5, 5.41) is 4.16. The summed E-state index contributed by atoms with van der Waals surface area (Å²) in [6.07, 6.45) is 10.1. The molecule has 4 aliphatic heterocycles. The fourth-order valence-electron chi connectivity index (χ4n) is 7.81. The van der Waals surface area contributed by atoms with Crippen LogP contribution in [0.2, 0.25) is 0 Å². The number of unbranched alkanes of at least 4 members (excludes halogenated alkanes) is 2. The smallest absolute Gasteiger partial charge is 0.268 e. The van der Waals surface area contributed by atoms with Gasteiger partial charge in [-0.25, -0.2) is 0 Å². The van der Waals surface area contributed by atoms with E-state index in [1.807, 2.05) is 11.3 Å². The van der Waals surface area contributed by atoms with E-state index in [1.54, 1.807) is 0 Å². The van der Waals surface area contributed by atoms with Crippen molar-refractivity contribution >= 4 is 43.6 Å². The summed E-state index contributed by atoms with van der Waals surface area (Å²) in [4.78, 5) is 2.67. The van der Waals surface area contributed by atoms with Gasteiger partial charge in [0.25, 0.3) is 5.01 Å². The molecular formula is C34H35N2OS+. The molecule has 3 atom stereocenters. The maximum Gasteiger partial charge on any atom is 0.268 e. The zero-order valence-electron chi connectivity index (χ0n) is 22.4. The molecule has 3 unspecified atom stereocenters. The van der Waals surface area contributed by atoms with Crippen LogP contribution in [0.3, 0.4) is 0 Å². The quantitative estimate of drug-likeness (QED) is 0.201. The number of thiazole rings is 1. The van der Waals surface area contributed by atoms with Crippen molar-refractivity contribution in [1.82, 2.24) is 0 Å². The van der Waals surface area contributed by atoms with E-state index in [0.717, 1.165) is 25.9 Å². The van der Waals surface area contributed by atoms with Crippen LogP contribution in [0.4, 0.5) is 5.69 Å². The summed E-state index contributed by atoms with van der Waals surface area (Å²) >= 11 is 1.93. The highest BCUT2D eigenvalue weighted by atomic mass is 32.1. The minimum Gasteiger partial charge on any atom is -0.365 e. The average Bonchev–Trinajstić information content (AvgIpc) is 3.46. The molecule has 3 aromatic carbocycles. The van der Waals surface area contributed by atoms with E-state index in [4.69, 9.17) is 4.74 Å². The third-order valence-corrected chi connectivity index (χ3v) is 10.7. The Morgan fingerprint density at radius 2 is 1.87 bits per heavy atom. The Morgan fingerprint density at radius 3 is 2.79 bits per heavy atom. The number of aromatic nitrogens is 1. The number of benzene rings is 3. The summed E-state index contributed by atoms with van der Waals surface area (Å²) in [5.41, 5.74) is 8.65. The second kappa shape index (κ2) is 8.53. The number of aryl methyl sites for hydroxylation is 1. The molecule has 0 saturated carbocycles. The number of rotatable bonds is 4. The molecule has 0 radical (unpaired) electrons. The molecule has 0 aliphatic carbocycles. The third kappa shape index (κ3) is 3.14. The molecule has 38 heavy (non-hydrogen) atoms. The van der Waals surface area contributed by atoms with Crippen LogP contribution in [0, 0.1) is 0 Å². The zero-order valence-corrected chi connectivity index (χ0v) is 23.2. The van der Waals surface area contributed by atoms with Crippen LogP contribution in [-0.4, -0.2) is 18.8 Å². The van der Waals surface area contributed by atoms with Crippen LogP contribution in [0.1, 0.15) is 62.9 Å². The Morgan fingerprint density at radius 1 is 1.00 bits per heavy atom. The van der Waals surface area contributed by atoms with Gasteiger partial charge in [0.05, 0.1) is 17.8 Å². The normalized spacial score (nSPS) is 25.6. The first-order chi connectivity index (χ1) is 18.7. The van der Waals surface area contributed by atoms with Gasteiger partial charge in [0.1, 0.15) is 4.70 Å². The Kier molecular flexibility index (Phi) is 5.16. The fourth-order valence-corrected chi connectivity index (χ4v) is 9.06. The number of nitrogens with zero attached hydrogens (tertiary/aromatic N) is 2. The summed E-state index contributed by atoms with van der Waals surface area (Å²) in [5.74, 6) is 0. The fraction of sp³-hybridized carbons (Fsp3) is 0.382. The molecular weight excluding hydrogens is 484 g/mol. The molecule has 4 aromatic rings. The predicted octanol–water partition coefficient (Wildman–Crippen LogP) is 7.91. The lowest BCUT2D eigenvalue weighted by molar-refractivity contribution is -0.674. The highest BCUT2D eigenvalue weighted by Gasteiger charge is 2.50. The number of ether oxygens (including phenoxy) is 1. The number of allylic oxidation sites excluding steroid dienone is 1. The molecule has 0 fully saturated rings. The maximum absolute atomic E-state index is 7.00. The van der Waals surface area contributed by atoms with Gasteiger partial charge in [-0.15, -0.1) is 0 Å². The minimum absolute atomic E-state index is 0.0164. The number of hydrogen-bond acceptors (Lipinski definition) is 3. The number of para-hydroxylation sites is 1. The van der Waals surface area contributed by atoms with Crippen molar-refractivity contribution in [3.8, 4) is 0 Å². The van der Waals surface area contributed by atoms with Gasteiger partial charge in [0, 0.05) is 41.4 Å². The van der Waals surface area contributed by atoms with E-state index in [0.29, 0.717) is 0 Å². The van der Waals surface area contributed by atoms with E-state index < -0.39 is 0 Å².